The molecule has 3 aromatic rings. The molecule has 2 fully saturated rings. The van der Waals surface area contributed by atoms with Crippen molar-refractivity contribution in [2.45, 2.75) is 45.6 Å². The zero-order chi connectivity index (χ0) is 25.2. The summed E-state index contributed by atoms with van der Waals surface area (Å²) in [6.07, 6.45) is 7.36. The van der Waals surface area contributed by atoms with Gasteiger partial charge in [-0.05, 0) is 62.3 Å². The van der Waals surface area contributed by atoms with E-state index >= 15 is 0 Å². The van der Waals surface area contributed by atoms with E-state index in [1.165, 1.54) is 17.3 Å². The van der Waals surface area contributed by atoms with Crippen molar-refractivity contribution in [1.82, 2.24) is 14.3 Å². The Morgan fingerprint density at radius 3 is 2.56 bits per heavy atom. The molecule has 1 aromatic carbocycles. The molecule has 36 heavy (non-hydrogen) atoms. The molecule has 1 atom stereocenters. The third-order valence-electron chi connectivity index (χ3n) is 7.16. The maximum Gasteiger partial charge on any atom is 0.267 e. The molecule has 2 aliphatic heterocycles. The lowest BCUT2D eigenvalue weighted by Gasteiger charge is -2.33. The number of carbonyl (C=O) groups is 1. The van der Waals surface area contributed by atoms with Crippen LogP contribution < -0.4 is 10.5 Å². The van der Waals surface area contributed by atoms with Gasteiger partial charge in [-0.2, -0.15) is 0 Å². The Hall–Kier alpha value is -2.97. The van der Waals surface area contributed by atoms with Crippen molar-refractivity contribution in [2.24, 2.45) is 5.92 Å². The minimum absolute atomic E-state index is 0.0161. The van der Waals surface area contributed by atoms with E-state index in [9.17, 15) is 9.59 Å². The summed E-state index contributed by atoms with van der Waals surface area (Å²) in [5.41, 5.74) is 2.25. The Bertz CT molecular complexity index is 1380. The molecular formula is C28H30N4O2S2. The molecule has 4 heterocycles. The largest absolute Gasteiger partial charge is 0.356 e. The summed E-state index contributed by atoms with van der Waals surface area (Å²) in [5.74, 6) is 1.11. The fourth-order valence-corrected chi connectivity index (χ4v) is 6.37. The highest BCUT2D eigenvalue weighted by Crippen LogP contribution is 2.35. The van der Waals surface area contributed by atoms with Gasteiger partial charge in [-0.1, -0.05) is 67.3 Å². The highest BCUT2D eigenvalue weighted by molar-refractivity contribution is 8.26. The number of fused-ring (bicyclic) bond motifs is 1. The van der Waals surface area contributed by atoms with Crippen LogP contribution in [-0.2, 0) is 11.2 Å². The van der Waals surface area contributed by atoms with Crippen molar-refractivity contribution in [2.75, 3.05) is 18.0 Å². The van der Waals surface area contributed by atoms with Gasteiger partial charge in [0.2, 0.25) is 0 Å². The van der Waals surface area contributed by atoms with Gasteiger partial charge in [0, 0.05) is 25.3 Å². The van der Waals surface area contributed by atoms with Crippen LogP contribution in [-0.4, -0.2) is 43.6 Å². The SMILES string of the molecule is CC[C@@H](C)N1C(=O)/C(=C\c2c(N3CCC(Cc4ccccc4)CC3)nc3ccccn3c2=O)SC1=S. The number of thioether (sulfide) groups is 1. The Morgan fingerprint density at radius 1 is 1.11 bits per heavy atom. The van der Waals surface area contributed by atoms with E-state index in [1.807, 2.05) is 38.1 Å². The second-order valence-electron chi connectivity index (χ2n) is 9.51. The normalized spacial score (nSPS) is 19.0. The maximum atomic E-state index is 13.6. The van der Waals surface area contributed by atoms with E-state index in [2.05, 4.69) is 29.2 Å². The fraction of sp³-hybridized carbons (Fsp3) is 0.357. The number of pyridine rings is 1. The second kappa shape index (κ2) is 10.6. The topological polar surface area (TPSA) is 57.9 Å². The first-order valence-corrected chi connectivity index (χ1v) is 13.8. The molecule has 186 valence electrons. The molecule has 1 amide bonds. The summed E-state index contributed by atoms with van der Waals surface area (Å²) in [7, 11) is 0. The summed E-state index contributed by atoms with van der Waals surface area (Å²) in [4.78, 5) is 36.1. The minimum Gasteiger partial charge on any atom is -0.356 e. The zero-order valence-electron chi connectivity index (χ0n) is 20.6. The smallest absolute Gasteiger partial charge is 0.267 e. The molecule has 0 saturated carbocycles. The Morgan fingerprint density at radius 2 is 1.83 bits per heavy atom. The van der Waals surface area contributed by atoms with Crippen molar-refractivity contribution < 1.29 is 4.79 Å². The van der Waals surface area contributed by atoms with Gasteiger partial charge in [-0.15, -0.1) is 0 Å². The van der Waals surface area contributed by atoms with Gasteiger partial charge in [0.05, 0.1) is 10.5 Å². The van der Waals surface area contributed by atoms with Crippen LogP contribution in [0.15, 0.2) is 64.4 Å². The molecule has 8 heteroatoms. The van der Waals surface area contributed by atoms with Gasteiger partial charge in [0.25, 0.3) is 11.5 Å². The molecular weight excluding hydrogens is 488 g/mol. The van der Waals surface area contributed by atoms with Crippen molar-refractivity contribution in [3.63, 3.8) is 0 Å². The Labute approximate surface area is 221 Å². The lowest BCUT2D eigenvalue weighted by atomic mass is 9.90. The number of benzene rings is 1. The van der Waals surface area contributed by atoms with Crippen LogP contribution in [0.4, 0.5) is 5.82 Å². The van der Waals surface area contributed by atoms with Crippen LogP contribution in [0.2, 0.25) is 0 Å². The third kappa shape index (κ3) is 4.84. The average Bonchev–Trinajstić information content (AvgIpc) is 3.18. The lowest BCUT2D eigenvalue weighted by molar-refractivity contribution is -0.123. The van der Waals surface area contributed by atoms with Crippen LogP contribution in [0.1, 0.15) is 44.2 Å². The number of amides is 1. The first-order valence-electron chi connectivity index (χ1n) is 12.5. The van der Waals surface area contributed by atoms with Crippen molar-refractivity contribution >= 4 is 51.7 Å². The quantitative estimate of drug-likeness (QED) is 0.332. The summed E-state index contributed by atoms with van der Waals surface area (Å²) >= 11 is 6.77. The standard InChI is InChI=1S/C28H30N4O2S2/c1-3-19(2)32-27(34)23(36-28(32)35)18-22-25(29-24-11-7-8-14-31(24)26(22)33)30-15-12-21(13-16-30)17-20-9-5-4-6-10-20/h4-11,14,18-19,21H,3,12-13,15-17H2,1-2H3/b23-18+/t19-/m1/s1. The fourth-order valence-electron chi connectivity index (χ4n) is 4.93. The summed E-state index contributed by atoms with van der Waals surface area (Å²) in [5, 5.41) is 0. The van der Waals surface area contributed by atoms with E-state index in [1.54, 1.807) is 21.6 Å². The second-order valence-corrected chi connectivity index (χ2v) is 11.2. The minimum atomic E-state index is -0.171. The number of piperidine rings is 1. The molecule has 0 aliphatic carbocycles. The summed E-state index contributed by atoms with van der Waals surface area (Å²) < 4.78 is 2.09. The van der Waals surface area contributed by atoms with Crippen LogP contribution >= 0.6 is 24.0 Å². The lowest BCUT2D eigenvalue weighted by Crippen LogP contribution is -2.37. The summed E-state index contributed by atoms with van der Waals surface area (Å²) in [6.45, 7) is 5.67. The Balaban J connectivity index is 1.47. The van der Waals surface area contributed by atoms with Crippen molar-refractivity contribution in [3.05, 3.63) is 81.1 Å². The van der Waals surface area contributed by atoms with E-state index < -0.39 is 0 Å². The van der Waals surface area contributed by atoms with Crippen molar-refractivity contribution in [1.29, 1.82) is 0 Å². The average molecular weight is 519 g/mol. The number of nitrogens with zero attached hydrogens (tertiary/aromatic N) is 4. The molecule has 0 unspecified atom stereocenters. The zero-order valence-corrected chi connectivity index (χ0v) is 22.2. The molecule has 0 N–H and O–H groups in total. The van der Waals surface area contributed by atoms with Crippen LogP contribution in [0.25, 0.3) is 11.7 Å². The molecule has 2 saturated heterocycles. The number of anilines is 1. The van der Waals surface area contributed by atoms with E-state index in [0.29, 0.717) is 32.2 Å². The van der Waals surface area contributed by atoms with Gasteiger partial charge in [0.1, 0.15) is 15.8 Å². The molecule has 0 spiro atoms. The number of thiocarbonyl (C=S) groups is 1. The first kappa shape index (κ1) is 24.7. The highest BCUT2D eigenvalue weighted by Gasteiger charge is 2.35. The molecule has 0 bridgehead atoms. The van der Waals surface area contributed by atoms with Crippen LogP contribution in [0, 0.1) is 5.92 Å². The van der Waals surface area contributed by atoms with Gasteiger partial charge in [-0.25, -0.2) is 4.98 Å². The molecule has 6 nitrogen and oxygen atoms in total. The third-order valence-corrected chi connectivity index (χ3v) is 8.49. The van der Waals surface area contributed by atoms with Gasteiger partial charge < -0.3 is 4.90 Å². The monoisotopic (exact) mass is 518 g/mol. The predicted molar refractivity (Wildman–Crippen MR) is 151 cm³/mol. The van der Waals surface area contributed by atoms with E-state index in [0.717, 1.165) is 38.8 Å². The Kier molecular flexibility index (Phi) is 7.25. The van der Waals surface area contributed by atoms with Crippen molar-refractivity contribution in [3.8, 4) is 0 Å². The molecule has 2 aromatic heterocycles. The summed E-state index contributed by atoms with van der Waals surface area (Å²) in [6, 6.07) is 16.2. The number of hydrogen-bond donors (Lipinski definition) is 0. The van der Waals surface area contributed by atoms with Crippen LogP contribution in [0.5, 0.6) is 0 Å². The predicted octanol–water partition coefficient (Wildman–Crippen LogP) is 5.15. The van der Waals surface area contributed by atoms with Gasteiger partial charge in [-0.3, -0.25) is 18.9 Å². The molecule has 2 aliphatic rings. The number of carbonyl (C=O) groups excluding carboxylic acids is 1. The molecule has 5 rings (SSSR count). The number of rotatable bonds is 6. The first-order chi connectivity index (χ1) is 17.5. The van der Waals surface area contributed by atoms with Gasteiger partial charge >= 0.3 is 0 Å². The van der Waals surface area contributed by atoms with Crippen LogP contribution in [0.3, 0.4) is 0 Å². The van der Waals surface area contributed by atoms with Gasteiger partial charge in [0.15, 0.2) is 0 Å². The number of aromatic nitrogens is 2. The number of hydrogen-bond acceptors (Lipinski definition) is 6. The van der Waals surface area contributed by atoms with E-state index in [4.69, 9.17) is 17.2 Å². The maximum absolute atomic E-state index is 13.6. The highest BCUT2D eigenvalue weighted by atomic mass is 32.2. The van der Waals surface area contributed by atoms with E-state index in [-0.39, 0.29) is 17.5 Å². The molecule has 0 radical (unpaired) electrons.